The zero-order chi connectivity index (χ0) is 18.4. The molecule has 1 aliphatic rings. The number of carbonyl (C=O) groups is 1. The zero-order valence-electron chi connectivity index (χ0n) is 14.8. The molecule has 2 aromatic rings. The van der Waals surface area contributed by atoms with Gasteiger partial charge >= 0.3 is 0 Å². The molecular formula is C18H23ClN4O2S. The first-order chi connectivity index (χ1) is 12.7. The summed E-state index contributed by atoms with van der Waals surface area (Å²) in [4.78, 5) is 12.2. The molecule has 0 bridgehead atoms. The lowest BCUT2D eigenvalue weighted by Crippen LogP contribution is -2.19. The lowest BCUT2D eigenvalue weighted by Gasteiger charge is -2.14. The Balaban J connectivity index is 1.60. The number of anilines is 1. The molecule has 26 heavy (non-hydrogen) atoms. The number of nitrogens with zero attached hydrogens (tertiary/aromatic N) is 3. The molecule has 0 saturated carbocycles. The van der Waals surface area contributed by atoms with Gasteiger partial charge in [-0.1, -0.05) is 30.3 Å². The zero-order valence-corrected chi connectivity index (χ0v) is 16.4. The van der Waals surface area contributed by atoms with Crippen LogP contribution in [0.4, 0.5) is 5.69 Å². The highest BCUT2D eigenvalue weighted by Gasteiger charge is 2.21. The molecule has 3 rings (SSSR count). The van der Waals surface area contributed by atoms with E-state index in [-0.39, 0.29) is 17.8 Å². The monoisotopic (exact) mass is 394 g/mol. The van der Waals surface area contributed by atoms with E-state index in [1.54, 1.807) is 24.3 Å². The molecule has 0 spiro atoms. The van der Waals surface area contributed by atoms with E-state index < -0.39 is 0 Å². The Morgan fingerprint density at radius 1 is 1.38 bits per heavy atom. The highest BCUT2D eigenvalue weighted by molar-refractivity contribution is 7.99. The Hall–Kier alpha value is -1.57. The van der Waals surface area contributed by atoms with Gasteiger partial charge in [-0.05, 0) is 43.5 Å². The van der Waals surface area contributed by atoms with Gasteiger partial charge in [0.2, 0.25) is 5.91 Å². The van der Waals surface area contributed by atoms with Crippen LogP contribution in [0.25, 0.3) is 0 Å². The predicted octanol–water partition coefficient (Wildman–Crippen LogP) is 3.79. The number of nitrogens with one attached hydrogen (secondary N) is 1. The van der Waals surface area contributed by atoms with Crippen molar-refractivity contribution in [3.63, 3.8) is 0 Å². The van der Waals surface area contributed by atoms with Gasteiger partial charge in [-0.15, -0.1) is 10.2 Å². The summed E-state index contributed by atoms with van der Waals surface area (Å²) in [6.45, 7) is 3.70. The van der Waals surface area contributed by atoms with Crippen molar-refractivity contribution in [2.45, 2.75) is 50.4 Å². The van der Waals surface area contributed by atoms with Crippen LogP contribution in [0.15, 0.2) is 29.4 Å². The average molecular weight is 395 g/mol. The molecule has 0 radical (unpaired) electrons. The van der Waals surface area contributed by atoms with Crippen molar-refractivity contribution in [2.75, 3.05) is 17.7 Å². The van der Waals surface area contributed by atoms with Crippen LogP contribution in [0.1, 0.15) is 32.0 Å². The summed E-state index contributed by atoms with van der Waals surface area (Å²) in [6, 6.07) is 7.06. The van der Waals surface area contributed by atoms with Gasteiger partial charge in [0, 0.05) is 23.7 Å². The standard InChI is InChI=1S/C18H23ClN4O2S/c1-2-4-16-21-22-18(23(16)11-15-5-3-10-25-15)26-12-17(24)20-14-8-6-13(19)7-9-14/h6-9,15H,2-5,10-12H2,1H3,(H,20,24)/t15-/m0/s1. The largest absolute Gasteiger partial charge is 0.376 e. The Labute approximate surface area is 162 Å². The number of carbonyl (C=O) groups excluding carboxylic acids is 1. The van der Waals surface area contributed by atoms with Crippen LogP contribution in [0.2, 0.25) is 5.02 Å². The Morgan fingerprint density at radius 2 is 2.19 bits per heavy atom. The number of thioether (sulfide) groups is 1. The molecule has 1 aromatic heterocycles. The second-order valence-electron chi connectivity index (χ2n) is 6.24. The summed E-state index contributed by atoms with van der Waals surface area (Å²) in [5.41, 5.74) is 0.729. The molecule has 0 unspecified atom stereocenters. The smallest absolute Gasteiger partial charge is 0.234 e. The van der Waals surface area contributed by atoms with Crippen molar-refractivity contribution in [2.24, 2.45) is 0 Å². The lowest BCUT2D eigenvalue weighted by molar-refractivity contribution is -0.113. The van der Waals surface area contributed by atoms with Crippen molar-refractivity contribution >= 4 is 35.0 Å². The fourth-order valence-corrected chi connectivity index (χ4v) is 3.76. The topological polar surface area (TPSA) is 69.0 Å². The summed E-state index contributed by atoms with van der Waals surface area (Å²) < 4.78 is 7.86. The van der Waals surface area contributed by atoms with Crippen LogP contribution < -0.4 is 5.32 Å². The molecule has 1 aliphatic heterocycles. The highest BCUT2D eigenvalue weighted by atomic mass is 35.5. The first kappa shape index (κ1) is 19.2. The van der Waals surface area contributed by atoms with E-state index in [0.717, 1.165) is 55.5 Å². The van der Waals surface area contributed by atoms with Gasteiger partial charge in [-0.2, -0.15) is 0 Å². The number of ether oxygens (including phenoxy) is 1. The number of rotatable bonds is 8. The molecule has 1 aromatic carbocycles. The predicted molar refractivity (Wildman–Crippen MR) is 104 cm³/mol. The second-order valence-corrected chi connectivity index (χ2v) is 7.62. The van der Waals surface area contributed by atoms with E-state index in [9.17, 15) is 4.79 Å². The van der Waals surface area contributed by atoms with E-state index in [1.165, 1.54) is 11.8 Å². The molecule has 8 heteroatoms. The molecule has 2 heterocycles. The number of amides is 1. The Bertz CT molecular complexity index is 729. The number of aromatic nitrogens is 3. The molecule has 1 fully saturated rings. The van der Waals surface area contributed by atoms with Crippen molar-refractivity contribution in [1.29, 1.82) is 0 Å². The van der Waals surface area contributed by atoms with E-state index in [2.05, 4.69) is 27.0 Å². The van der Waals surface area contributed by atoms with Crippen molar-refractivity contribution in [3.05, 3.63) is 35.1 Å². The molecule has 1 N–H and O–H groups in total. The average Bonchev–Trinajstić information content (AvgIpc) is 3.27. The third-order valence-electron chi connectivity index (χ3n) is 4.14. The van der Waals surface area contributed by atoms with Crippen LogP contribution in [0.3, 0.4) is 0 Å². The second kappa shape index (κ2) is 9.39. The lowest BCUT2D eigenvalue weighted by atomic mass is 10.2. The van der Waals surface area contributed by atoms with Crippen LogP contribution >= 0.6 is 23.4 Å². The number of benzene rings is 1. The van der Waals surface area contributed by atoms with E-state index >= 15 is 0 Å². The molecular weight excluding hydrogens is 372 g/mol. The minimum atomic E-state index is -0.0824. The van der Waals surface area contributed by atoms with Crippen LogP contribution in [-0.2, 0) is 22.5 Å². The first-order valence-electron chi connectivity index (χ1n) is 8.87. The Kier molecular flexibility index (Phi) is 6.93. The maximum atomic E-state index is 12.2. The van der Waals surface area contributed by atoms with Crippen molar-refractivity contribution < 1.29 is 9.53 Å². The van der Waals surface area contributed by atoms with Gasteiger partial charge in [0.1, 0.15) is 5.82 Å². The summed E-state index contributed by atoms with van der Waals surface area (Å²) in [5.74, 6) is 1.16. The summed E-state index contributed by atoms with van der Waals surface area (Å²) in [5, 5.41) is 12.9. The summed E-state index contributed by atoms with van der Waals surface area (Å²) in [6.07, 6.45) is 4.25. The van der Waals surface area contributed by atoms with E-state index in [0.29, 0.717) is 5.02 Å². The fraction of sp³-hybridized carbons (Fsp3) is 0.500. The van der Waals surface area contributed by atoms with Crippen LogP contribution in [0.5, 0.6) is 0 Å². The molecule has 1 saturated heterocycles. The van der Waals surface area contributed by atoms with E-state index in [1.807, 2.05) is 0 Å². The van der Waals surface area contributed by atoms with Gasteiger partial charge in [0.05, 0.1) is 18.4 Å². The number of hydrogen-bond donors (Lipinski definition) is 1. The normalized spacial score (nSPS) is 16.8. The SMILES string of the molecule is CCCc1nnc(SCC(=O)Nc2ccc(Cl)cc2)n1C[C@@H]1CCCO1. The van der Waals surface area contributed by atoms with Gasteiger partial charge in [-0.25, -0.2) is 0 Å². The molecule has 140 valence electrons. The minimum Gasteiger partial charge on any atom is -0.376 e. The third-order valence-corrected chi connectivity index (χ3v) is 5.36. The van der Waals surface area contributed by atoms with Crippen LogP contribution in [0, 0.1) is 0 Å². The first-order valence-corrected chi connectivity index (χ1v) is 10.2. The fourth-order valence-electron chi connectivity index (χ4n) is 2.87. The molecule has 1 atom stereocenters. The maximum absolute atomic E-state index is 12.2. The van der Waals surface area contributed by atoms with Crippen molar-refractivity contribution in [1.82, 2.24) is 14.8 Å². The Morgan fingerprint density at radius 3 is 2.88 bits per heavy atom. The summed E-state index contributed by atoms with van der Waals surface area (Å²) in [7, 11) is 0. The molecule has 0 aliphatic carbocycles. The molecule has 1 amide bonds. The van der Waals surface area contributed by atoms with Crippen LogP contribution in [-0.4, -0.2) is 39.1 Å². The number of halogens is 1. The number of hydrogen-bond acceptors (Lipinski definition) is 5. The summed E-state index contributed by atoms with van der Waals surface area (Å²) >= 11 is 7.26. The van der Waals surface area contributed by atoms with Gasteiger partial charge in [-0.3, -0.25) is 4.79 Å². The highest BCUT2D eigenvalue weighted by Crippen LogP contribution is 2.22. The van der Waals surface area contributed by atoms with Gasteiger partial charge < -0.3 is 14.6 Å². The number of aryl methyl sites for hydroxylation is 1. The maximum Gasteiger partial charge on any atom is 0.234 e. The van der Waals surface area contributed by atoms with Gasteiger partial charge in [0.15, 0.2) is 5.16 Å². The third kappa shape index (κ3) is 5.22. The van der Waals surface area contributed by atoms with E-state index in [4.69, 9.17) is 16.3 Å². The van der Waals surface area contributed by atoms with Gasteiger partial charge in [0.25, 0.3) is 0 Å². The quantitative estimate of drug-likeness (QED) is 0.690. The minimum absolute atomic E-state index is 0.0824. The van der Waals surface area contributed by atoms with Crippen molar-refractivity contribution in [3.8, 4) is 0 Å². The molecule has 6 nitrogen and oxygen atoms in total.